The largest absolute Gasteiger partial charge is 0.446 e. The highest BCUT2D eigenvalue weighted by Gasteiger charge is 2.37. The first-order valence-electron chi connectivity index (χ1n) is 11.1. The zero-order valence-corrected chi connectivity index (χ0v) is 18.6. The zero-order chi connectivity index (χ0) is 23.4. The summed E-state index contributed by atoms with van der Waals surface area (Å²) < 4.78 is 40.6. The Morgan fingerprint density at radius 3 is 2.73 bits per heavy atom. The number of halogens is 2. The lowest BCUT2D eigenvalue weighted by molar-refractivity contribution is -0.0474. The maximum atomic E-state index is 14.6. The van der Waals surface area contributed by atoms with E-state index in [0.717, 1.165) is 12.1 Å². The second kappa shape index (κ2) is 10.1. The van der Waals surface area contributed by atoms with E-state index in [1.807, 2.05) is 11.8 Å². The molecule has 0 aliphatic carbocycles. The molecule has 9 nitrogen and oxygen atoms in total. The number of hydrogen-bond donors (Lipinski definition) is 1. The fourth-order valence-corrected chi connectivity index (χ4v) is 4.43. The number of nitrogens with zero attached hydrogens (tertiary/aromatic N) is 5. The lowest BCUT2D eigenvalue weighted by atomic mass is 9.91. The maximum Gasteiger partial charge on any atom is 0.410 e. The summed E-state index contributed by atoms with van der Waals surface area (Å²) in [6, 6.07) is 3.15. The van der Waals surface area contributed by atoms with Gasteiger partial charge >= 0.3 is 6.09 Å². The van der Waals surface area contributed by atoms with Crippen molar-refractivity contribution in [1.82, 2.24) is 24.6 Å². The van der Waals surface area contributed by atoms with Crippen LogP contribution in [0.15, 0.2) is 30.9 Å². The molecule has 0 bridgehead atoms. The molecule has 3 heterocycles. The molecule has 2 unspecified atom stereocenters. The van der Waals surface area contributed by atoms with Crippen LogP contribution in [0.25, 0.3) is 0 Å². The molecule has 2 fully saturated rings. The molecule has 2 atom stereocenters. The van der Waals surface area contributed by atoms with Gasteiger partial charge in [0.05, 0.1) is 25.8 Å². The average molecular weight is 466 g/mol. The normalized spacial score (nSPS) is 22.2. The van der Waals surface area contributed by atoms with Gasteiger partial charge < -0.3 is 19.5 Å². The molecular weight excluding hydrogens is 436 g/mol. The first kappa shape index (κ1) is 23.5. The molecule has 0 saturated carbocycles. The summed E-state index contributed by atoms with van der Waals surface area (Å²) in [6.45, 7) is 4.62. The van der Waals surface area contributed by atoms with Gasteiger partial charge in [-0.1, -0.05) is 6.07 Å². The topological polar surface area (TPSA) is 93.0 Å². The Hall–Kier alpha value is -2.63. The molecule has 0 spiro atoms. The van der Waals surface area contributed by atoms with E-state index < -0.39 is 17.2 Å². The van der Waals surface area contributed by atoms with Gasteiger partial charge in [0.2, 0.25) is 0 Å². The molecule has 2 aromatic rings. The summed E-state index contributed by atoms with van der Waals surface area (Å²) in [5, 5.41) is 15.5. The smallest absolute Gasteiger partial charge is 0.410 e. The molecule has 1 N–H and O–H groups in total. The van der Waals surface area contributed by atoms with Gasteiger partial charge in [-0.3, -0.25) is 4.90 Å². The van der Waals surface area contributed by atoms with Crippen LogP contribution >= 0.6 is 0 Å². The number of ether oxygens (including phenoxy) is 2. The number of aliphatic hydroxyl groups is 1. The third kappa shape index (κ3) is 5.84. The highest BCUT2D eigenvalue weighted by molar-refractivity contribution is 5.68. The molecule has 180 valence electrons. The summed E-state index contributed by atoms with van der Waals surface area (Å²) in [5.41, 5.74) is -1.66. The number of benzene rings is 1. The number of morpholine rings is 1. The fourth-order valence-electron chi connectivity index (χ4n) is 4.43. The van der Waals surface area contributed by atoms with E-state index in [9.17, 15) is 18.7 Å². The van der Waals surface area contributed by atoms with Crippen LogP contribution in [0.1, 0.15) is 25.3 Å². The van der Waals surface area contributed by atoms with Crippen LogP contribution in [0.5, 0.6) is 0 Å². The van der Waals surface area contributed by atoms with Crippen molar-refractivity contribution in [3.63, 3.8) is 0 Å². The highest BCUT2D eigenvalue weighted by Crippen LogP contribution is 2.29. The summed E-state index contributed by atoms with van der Waals surface area (Å²) in [7, 11) is 0. The van der Waals surface area contributed by atoms with Crippen LogP contribution in [0, 0.1) is 11.6 Å². The summed E-state index contributed by atoms with van der Waals surface area (Å²) >= 11 is 0. The van der Waals surface area contributed by atoms with Crippen LogP contribution in [0.2, 0.25) is 0 Å². The molecular formula is C22H29F2N5O4. The monoisotopic (exact) mass is 465 g/mol. The third-order valence-corrected chi connectivity index (χ3v) is 6.11. The Bertz CT molecular complexity index is 939. The number of β-amino-alcohol motifs (C(OH)–C–C–N with tert-alkyl or cyclic N) is 1. The van der Waals surface area contributed by atoms with Gasteiger partial charge in [-0.15, -0.1) is 0 Å². The number of aromatic nitrogens is 3. The number of amides is 1. The van der Waals surface area contributed by atoms with Crippen molar-refractivity contribution in [2.75, 3.05) is 39.3 Å². The molecule has 2 saturated heterocycles. The highest BCUT2D eigenvalue weighted by atomic mass is 19.1. The van der Waals surface area contributed by atoms with Crippen molar-refractivity contribution in [3.8, 4) is 0 Å². The number of hydrogen-bond acceptors (Lipinski definition) is 7. The maximum absolute atomic E-state index is 14.6. The lowest BCUT2D eigenvalue weighted by Gasteiger charge is -2.39. The van der Waals surface area contributed by atoms with E-state index >= 15 is 0 Å². The van der Waals surface area contributed by atoms with E-state index in [0.29, 0.717) is 45.6 Å². The van der Waals surface area contributed by atoms with E-state index in [1.54, 1.807) is 4.90 Å². The molecule has 33 heavy (non-hydrogen) atoms. The van der Waals surface area contributed by atoms with E-state index in [1.165, 1.54) is 23.4 Å². The lowest BCUT2D eigenvalue weighted by Crippen LogP contribution is -2.49. The minimum absolute atomic E-state index is 0.00520. The van der Waals surface area contributed by atoms with Crippen LogP contribution in [-0.2, 0) is 21.6 Å². The van der Waals surface area contributed by atoms with Gasteiger partial charge in [0.15, 0.2) is 0 Å². The van der Waals surface area contributed by atoms with Crippen molar-refractivity contribution in [2.45, 2.75) is 44.1 Å². The zero-order valence-electron chi connectivity index (χ0n) is 18.6. The van der Waals surface area contributed by atoms with Crippen molar-refractivity contribution in [2.24, 2.45) is 0 Å². The van der Waals surface area contributed by atoms with Crippen molar-refractivity contribution >= 4 is 6.09 Å². The standard InChI is InChI=1S/C22H29F2N5O4/c1-16-11-28(8-9-32-16)21(30)33-18-4-6-27(7-5-18)12-22(31,13-29-15-25-14-26-29)19-3-2-17(23)10-20(19)24/h2-3,10,14-16,18,31H,4-9,11-13H2,1H3. The minimum atomic E-state index is -1.65. The number of rotatable bonds is 6. The molecule has 2 aliphatic rings. The number of carbonyl (C=O) groups is 1. The van der Waals surface area contributed by atoms with Gasteiger partial charge in [-0.2, -0.15) is 5.10 Å². The minimum Gasteiger partial charge on any atom is -0.446 e. The summed E-state index contributed by atoms with van der Waals surface area (Å²) in [5.74, 6) is -1.53. The quantitative estimate of drug-likeness (QED) is 0.695. The summed E-state index contributed by atoms with van der Waals surface area (Å²) in [6.07, 6.45) is 3.38. The Kier molecular flexibility index (Phi) is 7.20. The fraction of sp³-hybridized carbons (Fsp3) is 0.591. The van der Waals surface area contributed by atoms with Gasteiger partial charge in [0, 0.05) is 37.8 Å². The predicted octanol–water partition coefficient (Wildman–Crippen LogP) is 1.77. The van der Waals surface area contributed by atoms with E-state index in [4.69, 9.17) is 9.47 Å². The Morgan fingerprint density at radius 1 is 1.27 bits per heavy atom. The molecule has 2 aliphatic heterocycles. The van der Waals surface area contributed by atoms with Crippen LogP contribution in [-0.4, -0.2) is 87.3 Å². The second-order valence-electron chi connectivity index (χ2n) is 8.74. The molecule has 1 aromatic carbocycles. The Balaban J connectivity index is 1.38. The van der Waals surface area contributed by atoms with Crippen molar-refractivity contribution in [3.05, 3.63) is 48.1 Å². The first-order chi connectivity index (χ1) is 15.8. The average Bonchev–Trinajstić information content (AvgIpc) is 3.27. The Morgan fingerprint density at radius 2 is 2.06 bits per heavy atom. The Labute approximate surface area is 190 Å². The van der Waals surface area contributed by atoms with Crippen molar-refractivity contribution < 1.29 is 28.2 Å². The van der Waals surface area contributed by atoms with Gasteiger partial charge in [0.25, 0.3) is 0 Å². The molecule has 4 rings (SSSR count). The summed E-state index contributed by atoms with van der Waals surface area (Å²) in [4.78, 5) is 20.0. The van der Waals surface area contributed by atoms with E-state index in [-0.39, 0.29) is 37.0 Å². The van der Waals surface area contributed by atoms with Gasteiger partial charge in [-0.25, -0.2) is 23.2 Å². The first-order valence-corrected chi connectivity index (χ1v) is 11.1. The van der Waals surface area contributed by atoms with E-state index in [2.05, 4.69) is 10.1 Å². The molecule has 0 radical (unpaired) electrons. The van der Waals surface area contributed by atoms with Crippen molar-refractivity contribution in [1.29, 1.82) is 0 Å². The number of carbonyl (C=O) groups excluding carboxylic acids is 1. The number of likely N-dealkylation sites (tertiary alicyclic amines) is 1. The molecule has 11 heteroatoms. The van der Waals surface area contributed by atoms with Gasteiger partial charge in [-0.05, 0) is 25.8 Å². The second-order valence-corrected chi connectivity index (χ2v) is 8.74. The number of piperidine rings is 1. The van der Waals surface area contributed by atoms with Crippen LogP contribution in [0.4, 0.5) is 13.6 Å². The third-order valence-electron chi connectivity index (χ3n) is 6.11. The van der Waals surface area contributed by atoms with Gasteiger partial charge in [0.1, 0.15) is 36.0 Å². The SMILES string of the molecule is CC1CN(C(=O)OC2CCN(CC(O)(Cn3cncn3)c3ccc(F)cc3F)CC2)CCO1. The van der Waals surface area contributed by atoms with Crippen LogP contribution in [0.3, 0.4) is 0 Å². The predicted molar refractivity (Wildman–Crippen MR) is 113 cm³/mol. The molecule has 1 amide bonds. The molecule has 1 aromatic heterocycles. The van der Waals surface area contributed by atoms with Crippen LogP contribution < -0.4 is 0 Å².